The molecule has 2 heterocycles. The van der Waals surface area contributed by atoms with Crippen molar-refractivity contribution in [1.29, 1.82) is 0 Å². The smallest absolute Gasteiger partial charge is 0.229 e. The molecule has 0 spiro atoms. The minimum absolute atomic E-state index is 0.0704. The Morgan fingerprint density at radius 1 is 1.38 bits per heavy atom. The predicted molar refractivity (Wildman–Crippen MR) is 79.3 cm³/mol. The number of benzene rings is 1. The number of nitrogens with zero attached hydrogens (tertiary/aromatic N) is 2. The summed E-state index contributed by atoms with van der Waals surface area (Å²) in [6, 6.07) is 5.34. The van der Waals surface area contributed by atoms with E-state index in [1.54, 1.807) is 12.1 Å². The van der Waals surface area contributed by atoms with E-state index in [9.17, 15) is 9.90 Å². The third-order valence-electron chi connectivity index (χ3n) is 4.27. The van der Waals surface area contributed by atoms with Gasteiger partial charge in [-0.1, -0.05) is 23.7 Å². The lowest BCUT2D eigenvalue weighted by molar-refractivity contribution is -0.133. The number of carbonyl (C=O) groups excluding carboxylic acids is 1. The zero-order valence-corrected chi connectivity index (χ0v) is 12.7. The molecule has 5 nitrogen and oxygen atoms in total. The Balaban J connectivity index is 1.81. The summed E-state index contributed by atoms with van der Waals surface area (Å²) < 4.78 is 5.59. The molecule has 3 rings (SSSR count). The summed E-state index contributed by atoms with van der Waals surface area (Å²) in [4.78, 5) is 16.3. The Hall–Kier alpha value is -1.30. The van der Waals surface area contributed by atoms with Crippen LogP contribution >= 0.6 is 11.6 Å². The SMILES string of the molecule is CN1C(=O)[C@H]2COC[C@@H]1CN(Cc1cccc(O)c1Cl)C2. The average molecular weight is 311 g/mol. The second-order valence-corrected chi connectivity index (χ2v) is 6.16. The first kappa shape index (κ1) is 14.6. The van der Waals surface area contributed by atoms with E-state index in [-0.39, 0.29) is 23.6 Å². The Morgan fingerprint density at radius 2 is 2.19 bits per heavy atom. The molecule has 1 aromatic carbocycles. The largest absolute Gasteiger partial charge is 0.506 e. The van der Waals surface area contributed by atoms with Crippen LogP contribution in [0.3, 0.4) is 0 Å². The van der Waals surface area contributed by atoms with Gasteiger partial charge in [0, 0.05) is 26.7 Å². The normalized spacial score (nSPS) is 26.8. The Labute approximate surface area is 129 Å². The molecule has 0 aromatic heterocycles. The van der Waals surface area contributed by atoms with Crippen LogP contribution in [0, 0.1) is 5.92 Å². The first-order valence-electron chi connectivity index (χ1n) is 7.09. The van der Waals surface area contributed by atoms with Crippen LogP contribution in [0.2, 0.25) is 5.02 Å². The number of aromatic hydroxyl groups is 1. The molecule has 0 radical (unpaired) electrons. The third-order valence-corrected chi connectivity index (χ3v) is 4.71. The molecular formula is C15H19ClN2O3. The Kier molecular flexibility index (Phi) is 4.06. The number of hydrogen-bond acceptors (Lipinski definition) is 4. The van der Waals surface area contributed by atoms with Gasteiger partial charge < -0.3 is 14.7 Å². The van der Waals surface area contributed by atoms with Gasteiger partial charge in [0.1, 0.15) is 5.75 Å². The monoisotopic (exact) mass is 310 g/mol. The maximum absolute atomic E-state index is 12.3. The van der Waals surface area contributed by atoms with Gasteiger partial charge in [-0.2, -0.15) is 0 Å². The van der Waals surface area contributed by atoms with Crippen molar-refractivity contribution in [2.75, 3.05) is 33.4 Å². The topological polar surface area (TPSA) is 53.0 Å². The molecule has 2 fully saturated rings. The fourth-order valence-electron chi connectivity index (χ4n) is 3.05. The highest BCUT2D eigenvalue weighted by molar-refractivity contribution is 6.32. The number of rotatable bonds is 2. The lowest BCUT2D eigenvalue weighted by atomic mass is 10.1. The van der Waals surface area contributed by atoms with Crippen molar-refractivity contribution in [3.05, 3.63) is 28.8 Å². The Bertz CT molecular complexity index is 552. The molecule has 1 aromatic rings. The molecule has 1 N–H and O–H groups in total. The van der Waals surface area contributed by atoms with Crippen LogP contribution in [0.5, 0.6) is 5.75 Å². The van der Waals surface area contributed by atoms with Gasteiger partial charge in [0.05, 0.1) is 30.2 Å². The van der Waals surface area contributed by atoms with Crippen LogP contribution in [-0.4, -0.2) is 60.2 Å². The quantitative estimate of drug-likeness (QED) is 0.895. The van der Waals surface area contributed by atoms with E-state index in [4.69, 9.17) is 16.3 Å². The number of hydrogen-bond donors (Lipinski definition) is 1. The fourth-order valence-corrected chi connectivity index (χ4v) is 3.23. The Morgan fingerprint density at radius 3 is 3.00 bits per heavy atom. The van der Waals surface area contributed by atoms with E-state index in [2.05, 4.69) is 4.90 Å². The number of ether oxygens (including phenoxy) is 1. The second-order valence-electron chi connectivity index (χ2n) is 5.78. The van der Waals surface area contributed by atoms with Crippen LogP contribution in [0.15, 0.2) is 18.2 Å². The van der Waals surface area contributed by atoms with Crippen molar-refractivity contribution in [2.45, 2.75) is 12.6 Å². The highest BCUT2D eigenvalue weighted by Gasteiger charge is 2.37. The number of halogens is 1. The van der Waals surface area contributed by atoms with E-state index in [1.807, 2.05) is 18.0 Å². The zero-order valence-electron chi connectivity index (χ0n) is 12.0. The van der Waals surface area contributed by atoms with Crippen molar-refractivity contribution in [3.63, 3.8) is 0 Å². The van der Waals surface area contributed by atoms with Crippen molar-refractivity contribution >= 4 is 17.5 Å². The van der Waals surface area contributed by atoms with Gasteiger partial charge in [-0.3, -0.25) is 9.69 Å². The molecule has 21 heavy (non-hydrogen) atoms. The maximum Gasteiger partial charge on any atom is 0.229 e. The molecule has 114 valence electrons. The number of phenolic OH excluding ortho intramolecular Hbond substituents is 1. The molecular weight excluding hydrogens is 292 g/mol. The lowest BCUT2D eigenvalue weighted by Gasteiger charge is -2.29. The van der Waals surface area contributed by atoms with Crippen molar-refractivity contribution < 1.29 is 14.6 Å². The van der Waals surface area contributed by atoms with Crippen LogP contribution < -0.4 is 0 Å². The van der Waals surface area contributed by atoms with Crippen molar-refractivity contribution in [3.8, 4) is 5.75 Å². The van der Waals surface area contributed by atoms with Crippen LogP contribution in [0.1, 0.15) is 5.56 Å². The molecule has 6 heteroatoms. The summed E-state index contributed by atoms with van der Waals surface area (Å²) in [5, 5.41) is 10.1. The van der Waals surface area contributed by atoms with Crippen molar-refractivity contribution in [1.82, 2.24) is 9.80 Å². The van der Waals surface area contributed by atoms with Gasteiger partial charge in [-0.25, -0.2) is 0 Å². The summed E-state index contributed by atoms with van der Waals surface area (Å²) in [5.41, 5.74) is 0.882. The summed E-state index contributed by atoms with van der Waals surface area (Å²) >= 11 is 6.15. The van der Waals surface area contributed by atoms with E-state index < -0.39 is 0 Å². The van der Waals surface area contributed by atoms with Gasteiger partial charge in [0.2, 0.25) is 5.91 Å². The van der Waals surface area contributed by atoms with Gasteiger partial charge in [0.15, 0.2) is 0 Å². The molecule has 1 amide bonds. The van der Waals surface area contributed by atoms with Gasteiger partial charge >= 0.3 is 0 Å². The van der Waals surface area contributed by atoms with E-state index in [0.29, 0.717) is 31.3 Å². The van der Waals surface area contributed by atoms with E-state index >= 15 is 0 Å². The molecule has 0 unspecified atom stereocenters. The second kappa shape index (κ2) is 5.83. The highest BCUT2D eigenvalue weighted by atomic mass is 35.5. The molecule has 2 aliphatic rings. The maximum atomic E-state index is 12.3. The van der Waals surface area contributed by atoms with Crippen molar-refractivity contribution in [2.24, 2.45) is 5.92 Å². The van der Waals surface area contributed by atoms with Gasteiger partial charge in [-0.15, -0.1) is 0 Å². The molecule has 2 atom stereocenters. The predicted octanol–water partition coefficient (Wildman–Crippen LogP) is 1.33. The van der Waals surface area contributed by atoms with Crippen LogP contribution in [0.25, 0.3) is 0 Å². The summed E-state index contributed by atoms with van der Waals surface area (Å²) in [7, 11) is 1.85. The van der Waals surface area contributed by atoms with E-state index in [1.165, 1.54) is 0 Å². The molecule has 0 aliphatic carbocycles. The van der Waals surface area contributed by atoms with Gasteiger partial charge in [-0.05, 0) is 11.6 Å². The summed E-state index contributed by atoms with van der Waals surface area (Å²) in [6.45, 7) is 3.09. The number of fused-ring (bicyclic) bond motifs is 3. The first-order chi connectivity index (χ1) is 10.1. The molecule has 0 saturated carbocycles. The van der Waals surface area contributed by atoms with Gasteiger partial charge in [0.25, 0.3) is 0 Å². The zero-order chi connectivity index (χ0) is 15.0. The van der Waals surface area contributed by atoms with E-state index in [0.717, 1.165) is 12.1 Å². The van der Waals surface area contributed by atoms with Crippen LogP contribution in [0.4, 0.5) is 0 Å². The standard InChI is InChI=1S/C15H19ClN2O3/c1-17-12-7-18(6-11(15(17)20)8-21-9-12)5-10-3-2-4-13(19)14(10)16/h2-4,11-12,19H,5-9H2,1H3/t11-,12+/m1/s1. The number of amides is 1. The van der Waals surface area contributed by atoms with Crippen LogP contribution in [-0.2, 0) is 16.1 Å². The number of likely N-dealkylation sites (N-methyl/N-ethyl adjacent to an activating group) is 1. The minimum atomic E-state index is -0.126. The number of carbonyl (C=O) groups is 1. The highest BCUT2D eigenvalue weighted by Crippen LogP contribution is 2.29. The fraction of sp³-hybridized carbons (Fsp3) is 0.533. The third kappa shape index (κ3) is 2.86. The summed E-state index contributed by atoms with van der Waals surface area (Å²) in [6.07, 6.45) is 0. The minimum Gasteiger partial charge on any atom is -0.506 e. The molecule has 2 aliphatic heterocycles. The first-order valence-corrected chi connectivity index (χ1v) is 7.47. The lowest BCUT2D eigenvalue weighted by Crippen LogP contribution is -2.42. The molecule has 2 saturated heterocycles. The summed E-state index contributed by atoms with van der Waals surface area (Å²) in [5.74, 6) is 0.126. The number of phenols is 1. The molecule has 2 bridgehead atoms. The average Bonchev–Trinajstić information content (AvgIpc) is 2.62.